The van der Waals surface area contributed by atoms with Gasteiger partial charge in [-0.2, -0.15) is 0 Å². The molecule has 1 N–H and O–H groups in total. The van der Waals surface area contributed by atoms with Crippen LogP contribution < -0.4 is 5.32 Å². The van der Waals surface area contributed by atoms with Gasteiger partial charge in [0, 0.05) is 19.5 Å². The van der Waals surface area contributed by atoms with Gasteiger partial charge in [0.1, 0.15) is 0 Å². The summed E-state index contributed by atoms with van der Waals surface area (Å²) in [6.07, 6.45) is 4.87. The van der Waals surface area contributed by atoms with E-state index in [1.807, 2.05) is 0 Å². The summed E-state index contributed by atoms with van der Waals surface area (Å²) in [7, 11) is 0. The van der Waals surface area contributed by atoms with Crippen LogP contribution in [0, 0.1) is 5.92 Å². The fourth-order valence-corrected chi connectivity index (χ4v) is 1.82. The SMILES string of the molecule is C=CCNC(=O)CCN1CCC(C)CC1. The third kappa shape index (κ3) is 4.98. The molecule has 1 rings (SSSR count). The van der Waals surface area contributed by atoms with Crippen LogP contribution in [0.3, 0.4) is 0 Å². The molecule has 1 aliphatic heterocycles. The molecule has 86 valence electrons. The number of hydrogen-bond donors (Lipinski definition) is 1. The Morgan fingerprint density at radius 1 is 1.53 bits per heavy atom. The first kappa shape index (κ1) is 12.2. The lowest BCUT2D eigenvalue weighted by Crippen LogP contribution is -2.36. The molecular weight excluding hydrogens is 188 g/mol. The molecule has 1 fully saturated rings. The molecule has 3 heteroatoms. The molecule has 0 saturated carbocycles. The minimum atomic E-state index is 0.133. The van der Waals surface area contributed by atoms with Crippen LogP contribution in [0.2, 0.25) is 0 Å². The summed E-state index contributed by atoms with van der Waals surface area (Å²) in [5.74, 6) is 0.990. The van der Waals surface area contributed by atoms with Crippen LogP contribution in [0.25, 0.3) is 0 Å². The van der Waals surface area contributed by atoms with Gasteiger partial charge in [-0.05, 0) is 31.8 Å². The summed E-state index contributed by atoms with van der Waals surface area (Å²) in [5, 5.41) is 2.80. The summed E-state index contributed by atoms with van der Waals surface area (Å²) in [4.78, 5) is 13.7. The smallest absolute Gasteiger partial charge is 0.221 e. The highest BCUT2D eigenvalue weighted by molar-refractivity contribution is 5.76. The molecule has 0 spiro atoms. The lowest BCUT2D eigenvalue weighted by atomic mass is 9.99. The molecule has 0 unspecified atom stereocenters. The third-order valence-corrected chi connectivity index (χ3v) is 2.97. The van der Waals surface area contributed by atoms with Crippen LogP contribution in [-0.2, 0) is 4.79 Å². The van der Waals surface area contributed by atoms with E-state index < -0.39 is 0 Å². The van der Waals surface area contributed by atoms with Crippen molar-refractivity contribution in [3.05, 3.63) is 12.7 Å². The molecular formula is C12H22N2O. The zero-order valence-corrected chi connectivity index (χ0v) is 9.67. The molecule has 0 atom stereocenters. The Kier molecular flexibility index (Phi) is 5.40. The lowest BCUT2D eigenvalue weighted by Gasteiger charge is -2.29. The van der Waals surface area contributed by atoms with Gasteiger partial charge < -0.3 is 10.2 Å². The number of nitrogens with zero attached hydrogens (tertiary/aromatic N) is 1. The molecule has 0 aliphatic carbocycles. The fourth-order valence-electron chi connectivity index (χ4n) is 1.82. The van der Waals surface area contributed by atoms with Gasteiger partial charge in [0.25, 0.3) is 0 Å². The van der Waals surface area contributed by atoms with Crippen LogP contribution in [0.5, 0.6) is 0 Å². The van der Waals surface area contributed by atoms with Crippen molar-refractivity contribution in [3.63, 3.8) is 0 Å². The monoisotopic (exact) mass is 210 g/mol. The quantitative estimate of drug-likeness (QED) is 0.696. The highest BCUT2D eigenvalue weighted by Gasteiger charge is 2.15. The van der Waals surface area contributed by atoms with Crippen molar-refractivity contribution in [3.8, 4) is 0 Å². The zero-order chi connectivity index (χ0) is 11.1. The molecule has 0 aromatic carbocycles. The van der Waals surface area contributed by atoms with Crippen molar-refractivity contribution in [1.82, 2.24) is 10.2 Å². The van der Waals surface area contributed by atoms with Gasteiger partial charge in [-0.25, -0.2) is 0 Å². The van der Waals surface area contributed by atoms with E-state index in [-0.39, 0.29) is 5.91 Å². The highest BCUT2D eigenvalue weighted by atomic mass is 16.1. The largest absolute Gasteiger partial charge is 0.353 e. The van der Waals surface area contributed by atoms with Crippen LogP contribution in [0.4, 0.5) is 0 Å². The van der Waals surface area contributed by atoms with E-state index in [2.05, 4.69) is 23.7 Å². The number of carbonyl (C=O) groups excluding carboxylic acids is 1. The third-order valence-electron chi connectivity index (χ3n) is 2.97. The van der Waals surface area contributed by atoms with Crippen molar-refractivity contribution in [2.75, 3.05) is 26.2 Å². The summed E-state index contributed by atoms with van der Waals surface area (Å²) in [5.41, 5.74) is 0. The van der Waals surface area contributed by atoms with Crippen molar-refractivity contribution >= 4 is 5.91 Å². The molecule has 3 nitrogen and oxygen atoms in total. The maximum absolute atomic E-state index is 11.3. The highest BCUT2D eigenvalue weighted by Crippen LogP contribution is 2.15. The van der Waals surface area contributed by atoms with E-state index in [1.54, 1.807) is 6.08 Å². The summed E-state index contributed by atoms with van der Waals surface area (Å²) >= 11 is 0. The van der Waals surface area contributed by atoms with Gasteiger partial charge in [-0.15, -0.1) is 6.58 Å². The summed E-state index contributed by atoms with van der Waals surface area (Å²) in [6.45, 7) is 9.64. The standard InChI is InChI=1S/C12H22N2O/c1-3-7-13-12(15)6-10-14-8-4-11(2)5-9-14/h3,11H,1,4-10H2,2H3,(H,13,15). The minimum absolute atomic E-state index is 0.133. The molecule has 1 amide bonds. The van der Waals surface area contributed by atoms with E-state index >= 15 is 0 Å². The van der Waals surface area contributed by atoms with Crippen molar-refractivity contribution in [2.24, 2.45) is 5.92 Å². The topological polar surface area (TPSA) is 32.3 Å². The van der Waals surface area contributed by atoms with Gasteiger partial charge in [0.05, 0.1) is 0 Å². The predicted molar refractivity (Wildman–Crippen MR) is 62.7 cm³/mol. The van der Waals surface area contributed by atoms with Crippen LogP contribution >= 0.6 is 0 Å². The predicted octanol–water partition coefficient (Wildman–Crippen LogP) is 1.41. The molecule has 1 heterocycles. The molecule has 0 radical (unpaired) electrons. The van der Waals surface area contributed by atoms with E-state index in [4.69, 9.17) is 0 Å². The minimum Gasteiger partial charge on any atom is -0.353 e. The van der Waals surface area contributed by atoms with E-state index in [0.717, 1.165) is 25.6 Å². The number of amides is 1. The van der Waals surface area contributed by atoms with E-state index in [9.17, 15) is 4.79 Å². The molecule has 0 aromatic heterocycles. The Labute approximate surface area is 92.5 Å². The molecule has 1 aliphatic rings. The molecule has 15 heavy (non-hydrogen) atoms. The van der Waals surface area contributed by atoms with Crippen LogP contribution in [0.15, 0.2) is 12.7 Å². The van der Waals surface area contributed by atoms with Gasteiger partial charge in [-0.1, -0.05) is 13.0 Å². The number of likely N-dealkylation sites (tertiary alicyclic amines) is 1. The zero-order valence-electron chi connectivity index (χ0n) is 9.67. The second-order valence-electron chi connectivity index (χ2n) is 4.37. The maximum atomic E-state index is 11.3. The van der Waals surface area contributed by atoms with Crippen molar-refractivity contribution in [2.45, 2.75) is 26.2 Å². The average molecular weight is 210 g/mol. The van der Waals surface area contributed by atoms with Gasteiger partial charge in [0.2, 0.25) is 5.91 Å². The summed E-state index contributed by atoms with van der Waals surface area (Å²) < 4.78 is 0. The first-order valence-electron chi connectivity index (χ1n) is 5.82. The summed E-state index contributed by atoms with van der Waals surface area (Å²) in [6, 6.07) is 0. The Morgan fingerprint density at radius 3 is 2.80 bits per heavy atom. The lowest BCUT2D eigenvalue weighted by molar-refractivity contribution is -0.121. The number of carbonyl (C=O) groups is 1. The first-order chi connectivity index (χ1) is 7.22. The second-order valence-corrected chi connectivity index (χ2v) is 4.37. The van der Waals surface area contributed by atoms with Crippen LogP contribution in [0.1, 0.15) is 26.2 Å². The first-order valence-corrected chi connectivity index (χ1v) is 5.82. The number of hydrogen-bond acceptors (Lipinski definition) is 2. The number of piperidine rings is 1. The normalized spacial score (nSPS) is 18.7. The fraction of sp³-hybridized carbons (Fsp3) is 0.750. The van der Waals surface area contributed by atoms with Gasteiger partial charge >= 0.3 is 0 Å². The van der Waals surface area contributed by atoms with Gasteiger partial charge in [-0.3, -0.25) is 4.79 Å². The Morgan fingerprint density at radius 2 is 2.20 bits per heavy atom. The second kappa shape index (κ2) is 6.62. The van der Waals surface area contributed by atoms with Crippen molar-refractivity contribution < 1.29 is 4.79 Å². The average Bonchev–Trinajstić information content (AvgIpc) is 2.25. The Balaban J connectivity index is 2.09. The molecule has 1 saturated heterocycles. The van der Waals surface area contributed by atoms with E-state index in [0.29, 0.717) is 13.0 Å². The molecule has 0 bridgehead atoms. The molecule has 0 aromatic rings. The van der Waals surface area contributed by atoms with Crippen LogP contribution in [-0.4, -0.2) is 37.0 Å². The van der Waals surface area contributed by atoms with E-state index in [1.165, 1.54) is 12.8 Å². The Bertz CT molecular complexity index is 208. The number of nitrogens with one attached hydrogen (secondary N) is 1. The maximum Gasteiger partial charge on any atom is 0.221 e. The van der Waals surface area contributed by atoms with Crippen molar-refractivity contribution in [1.29, 1.82) is 0 Å². The Hall–Kier alpha value is -0.830. The number of rotatable bonds is 5. The van der Waals surface area contributed by atoms with Gasteiger partial charge in [0.15, 0.2) is 0 Å².